The summed E-state index contributed by atoms with van der Waals surface area (Å²) < 4.78 is 2.03. The number of carbonyl (C=O) groups is 1. The Morgan fingerprint density at radius 3 is 2.62 bits per heavy atom. The highest BCUT2D eigenvalue weighted by atomic mass is 16.4. The first-order chi connectivity index (χ1) is 11.6. The lowest BCUT2D eigenvalue weighted by molar-refractivity contribution is 0.0698. The Hall–Kier alpha value is -1.85. The van der Waals surface area contributed by atoms with E-state index in [4.69, 9.17) is 5.73 Å². The van der Waals surface area contributed by atoms with E-state index in [-0.39, 0.29) is 0 Å². The van der Waals surface area contributed by atoms with Crippen molar-refractivity contribution in [2.24, 2.45) is 5.73 Å². The second kappa shape index (κ2) is 7.36. The largest absolute Gasteiger partial charge is 0.478 e. The zero-order valence-electron chi connectivity index (χ0n) is 14.4. The number of rotatable bonds is 7. The van der Waals surface area contributed by atoms with Gasteiger partial charge in [-0.1, -0.05) is 6.92 Å². The third kappa shape index (κ3) is 3.32. The van der Waals surface area contributed by atoms with Crippen LogP contribution in [0, 0.1) is 0 Å². The summed E-state index contributed by atoms with van der Waals surface area (Å²) in [6.07, 6.45) is 6.49. The van der Waals surface area contributed by atoms with Crippen LogP contribution >= 0.6 is 0 Å². The van der Waals surface area contributed by atoms with Crippen LogP contribution < -0.4 is 5.73 Å². The highest BCUT2D eigenvalue weighted by Crippen LogP contribution is 2.28. The van der Waals surface area contributed by atoms with Gasteiger partial charge in [0.05, 0.1) is 11.1 Å². The molecule has 1 fully saturated rings. The van der Waals surface area contributed by atoms with Crippen molar-refractivity contribution < 1.29 is 9.90 Å². The molecule has 0 atom stereocenters. The third-order valence-corrected chi connectivity index (χ3v) is 5.02. The van der Waals surface area contributed by atoms with Gasteiger partial charge in [0.25, 0.3) is 0 Å². The highest BCUT2D eigenvalue weighted by Gasteiger charge is 2.19. The standard InChI is InChI=1S/C19H27N3O2/c1-2-14-11-16-15(5-9-21-7-3-4-8-21)13-22(10-6-20)18(16)17(12-14)19(23)24/h11-13H,2-10,20H2,1H3,(H,23,24). The molecule has 130 valence electrons. The van der Waals surface area contributed by atoms with E-state index in [9.17, 15) is 9.90 Å². The zero-order chi connectivity index (χ0) is 17.1. The summed E-state index contributed by atoms with van der Waals surface area (Å²) in [4.78, 5) is 14.3. The molecule has 0 saturated carbocycles. The van der Waals surface area contributed by atoms with Gasteiger partial charge in [-0.25, -0.2) is 4.79 Å². The van der Waals surface area contributed by atoms with Crippen LogP contribution in [0.3, 0.4) is 0 Å². The Morgan fingerprint density at radius 2 is 2.00 bits per heavy atom. The minimum absolute atomic E-state index is 0.394. The predicted octanol–water partition coefficient (Wildman–Crippen LogP) is 2.50. The molecule has 0 radical (unpaired) electrons. The van der Waals surface area contributed by atoms with Crippen molar-refractivity contribution in [3.8, 4) is 0 Å². The predicted molar refractivity (Wildman–Crippen MR) is 96.7 cm³/mol. The molecule has 0 spiro atoms. The van der Waals surface area contributed by atoms with Crippen LogP contribution in [0.25, 0.3) is 10.9 Å². The maximum atomic E-state index is 11.8. The van der Waals surface area contributed by atoms with Gasteiger partial charge < -0.3 is 20.3 Å². The number of hydrogen-bond donors (Lipinski definition) is 2. The number of likely N-dealkylation sites (tertiary alicyclic amines) is 1. The first-order valence-corrected chi connectivity index (χ1v) is 8.94. The number of hydrogen-bond acceptors (Lipinski definition) is 3. The molecule has 2 heterocycles. The van der Waals surface area contributed by atoms with Crippen molar-refractivity contribution in [3.63, 3.8) is 0 Å². The lowest BCUT2D eigenvalue weighted by Gasteiger charge is -2.13. The second-order valence-electron chi connectivity index (χ2n) is 6.63. The van der Waals surface area contributed by atoms with Crippen LogP contribution in [0.2, 0.25) is 0 Å². The van der Waals surface area contributed by atoms with Gasteiger partial charge in [-0.05, 0) is 62.0 Å². The number of nitrogens with zero attached hydrogens (tertiary/aromatic N) is 2. The maximum absolute atomic E-state index is 11.8. The second-order valence-corrected chi connectivity index (χ2v) is 6.63. The molecule has 1 aliphatic rings. The number of benzene rings is 1. The Bertz CT molecular complexity index is 730. The topological polar surface area (TPSA) is 71.5 Å². The summed E-state index contributed by atoms with van der Waals surface area (Å²) in [6, 6.07) is 3.97. The van der Waals surface area contributed by atoms with Crippen LogP contribution in [0.4, 0.5) is 0 Å². The SMILES string of the molecule is CCc1cc(C(=O)O)c2c(c1)c(CCN1CCCC1)cn2CCN. The zero-order valence-corrected chi connectivity index (χ0v) is 14.4. The summed E-state index contributed by atoms with van der Waals surface area (Å²) in [5.74, 6) is -0.863. The molecular formula is C19H27N3O2. The number of nitrogens with two attached hydrogens (primary N) is 1. The van der Waals surface area contributed by atoms with E-state index < -0.39 is 5.97 Å². The molecule has 1 aromatic carbocycles. The molecule has 3 rings (SSSR count). The first kappa shape index (κ1) is 17.0. The van der Waals surface area contributed by atoms with Crippen molar-refractivity contribution in [1.29, 1.82) is 0 Å². The molecule has 2 aromatic rings. The monoisotopic (exact) mass is 329 g/mol. The van der Waals surface area contributed by atoms with Gasteiger partial charge >= 0.3 is 5.97 Å². The van der Waals surface area contributed by atoms with Crippen molar-refractivity contribution >= 4 is 16.9 Å². The van der Waals surface area contributed by atoms with Crippen molar-refractivity contribution in [1.82, 2.24) is 9.47 Å². The molecule has 5 heteroatoms. The van der Waals surface area contributed by atoms with Crippen LogP contribution in [0.15, 0.2) is 18.3 Å². The molecule has 1 aromatic heterocycles. The molecule has 0 amide bonds. The van der Waals surface area contributed by atoms with E-state index in [2.05, 4.69) is 24.1 Å². The average molecular weight is 329 g/mol. The number of carboxylic acids is 1. The molecule has 24 heavy (non-hydrogen) atoms. The minimum Gasteiger partial charge on any atom is -0.478 e. The van der Waals surface area contributed by atoms with E-state index in [1.807, 2.05) is 10.6 Å². The Balaban J connectivity index is 2.03. The van der Waals surface area contributed by atoms with Crippen LogP contribution in [0.5, 0.6) is 0 Å². The lowest BCUT2D eigenvalue weighted by atomic mass is 10.0. The molecule has 0 bridgehead atoms. The van der Waals surface area contributed by atoms with Crippen molar-refractivity contribution in [2.45, 2.75) is 39.2 Å². The van der Waals surface area contributed by atoms with Crippen LogP contribution in [0.1, 0.15) is 41.3 Å². The Morgan fingerprint density at radius 1 is 1.25 bits per heavy atom. The van der Waals surface area contributed by atoms with Gasteiger partial charge in [0, 0.05) is 31.2 Å². The van der Waals surface area contributed by atoms with E-state index in [0.29, 0.717) is 18.7 Å². The van der Waals surface area contributed by atoms with Crippen LogP contribution in [-0.4, -0.2) is 46.7 Å². The third-order valence-electron chi connectivity index (χ3n) is 5.02. The highest BCUT2D eigenvalue weighted by molar-refractivity contribution is 6.04. The fraction of sp³-hybridized carbons (Fsp3) is 0.526. The fourth-order valence-corrected chi connectivity index (χ4v) is 3.74. The van der Waals surface area contributed by atoms with Gasteiger partial charge in [-0.3, -0.25) is 0 Å². The van der Waals surface area contributed by atoms with E-state index >= 15 is 0 Å². The van der Waals surface area contributed by atoms with Gasteiger partial charge in [-0.2, -0.15) is 0 Å². The van der Waals surface area contributed by atoms with E-state index in [1.54, 1.807) is 0 Å². The first-order valence-electron chi connectivity index (χ1n) is 8.94. The Kier molecular flexibility index (Phi) is 5.21. The average Bonchev–Trinajstić information content (AvgIpc) is 3.20. The fourth-order valence-electron chi connectivity index (χ4n) is 3.74. The van der Waals surface area contributed by atoms with E-state index in [1.165, 1.54) is 31.5 Å². The smallest absolute Gasteiger partial charge is 0.337 e. The summed E-state index contributed by atoms with van der Waals surface area (Å²) in [5.41, 5.74) is 9.27. The van der Waals surface area contributed by atoms with Crippen molar-refractivity contribution in [3.05, 3.63) is 35.0 Å². The number of carboxylic acid groups (broad SMARTS) is 1. The molecule has 1 saturated heterocycles. The van der Waals surface area contributed by atoms with E-state index in [0.717, 1.165) is 35.9 Å². The molecule has 0 unspecified atom stereocenters. The number of aromatic nitrogens is 1. The van der Waals surface area contributed by atoms with Gasteiger partial charge in [0.2, 0.25) is 0 Å². The number of fused-ring (bicyclic) bond motifs is 1. The molecule has 3 N–H and O–H groups in total. The minimum atomic E-state index is -0.863. The molecule has 1 aliphatic heterocycles. The summed E-state index contributed by atoms with van der Waals surface area (Å²) >= 11 is 0. The number of aromatic carboxylic acids is 1. The van der Waals surface area contributed by atoms with Gasteiger partial charge in [0.1, 0.15) is 0 Å². The summed E-state index contributed by atoms with van der Waals surface area (Å²) in [7, 11) is 0. The molecule has 5 nitrogen and oxygen atoms in total. The summed E-state index contributed by atoms with van der Waals surface area (Å²) in [5, 5.41) is 10.7. The molecular weight excluding hydrogens is 302 g/mol. The summed E-state index contributed by atoms with van der Waals surface area (Å²) in [6.45, 7) is 6.62. The normalized spacial score (nSPS) is 15.4. The van der Waals surface area contributed by atoms with Crippen molar-refractivity contribution in [2.75, 3.05) is 26.2 Å². The van der Waals surface area contributed by atoms with Gasteiger partial charge in [0.15, 0.2) is 0 Å². The van der Waals surface area contributed by atoms with Gasteiger partial charge in [-0.15, -0.1) is 0 Å². The quantitative estimate of drug-likeness (QED) is 0.819. The lowest BCUT2D eigenvalue weighted by Crippen LogP contribution is -2.21. The molecule has 0 aliphatic carbocycles. The maximum Gasteiger partial charge on any atom is 0.337 e. The van der Waals surface area contributed by atoms with Crippen LogP contribution in [-0.2, 0) is 19.4 Å². The Labute approximate surface area is 143 Å². The number of aryl methyl sites for hydroxylation is 1.